The molecule has 2 aromatic rings. The molecule has 116 valence electrons. The van der Waals surface area contributed by atoms with Gasteiger partial charge in [-0.3, -0.25) is 4.79 Å². The van der Waals surface area contributed by atoms with Gasteiger partial charge in [-0.05, 0) is 55.3 Å². The molecule has 0 saturated heterocycles. The molecule has 2 rings (SSSR count). The molecule has 0 spiro atoms. The maximum absolute atomic E-state index is 12.8. The summed E-state index contributed by atoms with van der Waals surface area (Å²) >= 11 is 5.88. The van der Waals surface area contributed by atoms with Crippen molar-refractivity contribution in [2.24, 2.45) is 0 Å². The number of ether oxygens (including phenoxy) is 1. The Labute approximate surface area is 134 Å². The summed E-state index contributed by atoms with van der Waals surface area (Å²) in [4.78, 5) is 12.0. The van der Waals surface area contributed by atoms with Gasteiger partial charge in [0.05, 0.1) is 0 Å². The highest BCUT2D eigenvalue weighted by atomic mass is 35.5. The number of benzene rings is 2. The van der Waals surface area contributed by atoms with E-state index in [2.05, 4.69) is 5.32 Å². The van der Waals surface area contributed by atoms with E-state index in [4.69, 9.17) is 16.3 Å². The Hall–Kier alpha value is -2.07. The lowest BCUT2D eigenvalue weighted by Gasteiger charge is -2.16. The quantitative estimate of drug-likeness (QED) is 0.907. The molecule has 1 atom stereocenters. The van der Waals surface area contributed by atoms with Crippen LogP contribution >= 0.6 is 11.6 Å². The van der Waals surface area contributed by atoms with Gasteiger partial charge in [0.1, 0.15) is 11.6 Å². The summed E-state index contributed by atoms with van der Waals surface area (Å²) < 4.78 is 18.4. The molecule has 0 heterocycles. The van der Waals surface area contributed by atoms with Gasteiger partial charge >= 0.3 is 0 Å². The second-order valence-corrected chi connectivity index (χ2v) is 5.45. The van der Waals surface area contributed by atoms with Crippen LogP contribution in [0.5, 0.6) is 5.75 Å². The first-order chi connectivity index (χ1) is 10.5. The molecule has 0 saturated carbocycles. The van der Waals surface area contributed by atoms with E-state index < -0.39 is 6.10 Å². The van der Waals surface area contributed by atoms with E-state index >= 15 is 0 Å². The predicted octanol–water partition coefficient (Wildman–Crippen LogP) is 3.87. The van der Waals surface area contributed by atoms with Crippen molar-refractivity contribution in [1.29, 1.82) is 0 Å². The van der Waals surface area contributed by atoms with Crippen LogP contribution < -0.4 is 10.1 Å². The smallest absolute Gasteiger partial charge is 0.261 e. The molecule has 1 amide bonds. The van der Waals surface area contributed by atoms with E-state index in [1.54, 1.807) is 37.3 Å². The van der Waals surface area contributed by atoms with E-state index in [0.717, 1.165) is 11.1 Å². The minimum atomic E-state index is -0.639. The fourth-order valence-electron chi connectivity index (χ4n) is 1.92. The highest BCUT2D eigenvalue weighted by molar-refractivity contribution is 6.30. The van der Waals surface area contributed by atoms with Crippen LogP contribution in [-0.4, -0.2) is 12.0 Å². The van der Waals surface area contributed by atoms with Crippen LogP contribution in [0.25, 0.3) is 0 Å². The SMILES string of the molecule is Cc1cc(Cl)ccc1O[C@@H](C)C(=O)NCc1ccc(F)cc1. The Morgan fingerprint density at radius 1 is 1.27 bits per heavy atom. The highest BCUT2D eigenvalue weighted by Gasteiger charge is 2.15. The summed E-state index contributed by atoms with van der Waals surface area (Å²) in [5, 5.41) is 3.38. The van der Waals surface area contributed by atoms with E-state index in [0.29, 0.717) is 17.3 Å². The van der Waals surface area contributed by atoms with E-state index in [1.165, 1.54) is 12.1 Å². The number of carbonyl (C=O) groups excluding carboxylic acids is 1. The predicted molar refractivity (Wildman–Crippen MR) is 84.5 cm³/mol. The Morgan fingerprint density at radius 2 is 1.95 bits per heavy atom. The fourth-order valence-corrected chi connectivity index (χ4v) is 2.15. The van der Waals surface area contributed by atoms with Crippen LogP contribution in [0.15, 0.2) is 42.5 Å². The number of carbonyl (C=O) groups is 1. The van der Waals surface area contributed by atoms with Crippen LogP contribution in [0.1, 0.15) is 18.1 Å². The van der Waals surface area contributed by atoms with Gasteiger partial charge in [0.15, 0.2) is 6.10 Å². The maximum Gasteiger partial charge on any atom is 0.261 e. The molecule has 22 heavy (non-hydrogen) atoms. The molecule has 0 bridgehead atoms. The van der Waals surface area contributed by atoms with Crippen LogP contribution in [-0.2, 0) is 11.3 Å². The summed E-state index contributed by atoms with van der Waals surface area (Å²) in [7, 11) is 0. The standard InChI is InChI=1S/C17H17ClFNO2/c1-11-9-14(18)5-8-16(11)22-12(2)17(21)20-10-13-3-6-15(19)7-4-13/h3-9,12H,10H2,1-2H3,(H,20,21)/t12-/m0/s1. The van der Waals surface area contributed by atoms with E-state index in [1.807, 2.05) is 6.92 Å². The minimum Gasteiger partial charge on any atom is -0.481 e. The molecular weight excluding hydrogens is 305 g/mol. The average molecular weight is 322 g/mol. The first kappa shape index (κ1) is 16.3. The number of amides is 1. The molecule has 5 heteroatoms. The molecule has 2 aromatic carbocycles. The van der Waals surface area contributed by atoms with Gasteiger partial charge < -0.3 is 10.1 Å². The fraction of sp³-hybridized carbons (Fsp3) is 0.235. The second kappa shape index (κ2) is 7.27. The number of nitrogens with one attached hydrogen (secondary N) is 1. The van der Waals surface area contributed by atoms with Crippen LogP contribution in [0, 0.1) is 12.7 Å². The summed E-state index contributed by atoms with van der Waals surface area (Å²) in [5.74, 6) is 0.0810. The zero-order chi connectivity index (χ0) is 16.1. The van der Waals surface area contributed by atoms with Crippen molar-refractivity contribution in [2.45, 2.75) is 26.5 Å². The average Bonchev–Trinajstić information content (AvgIpc) is 2.49. The minimum absolute atomic E-state index is 0.237. The molecule has 1 N–H and O–H groups in total. The monoisotopic (exact) mass is 321 g/mol. The molecule has 0 aliphatic carbocycles. The molecule has 3 nitrogen and oxygen atoms in total. The van der Waals surface area contributed by atoms with Gasteiger partial charge in [-0.2, -0.15) is 0 Å². The topological polar surface area (TPSA) is 38.3 Å². The summed E-state index contributed by atoms with van der Waals surface area (Å²) in [6, 6.07) is 11.2. The van der Waals surface area contributed by atoms with Crippen LogP contribution in [0.2, 0.25) is 5.02 Å². The Kier molecular flexibility index (Phi) is 5.39. The molecule has 0 unspecified atom stereocenters. The van der Waals surface area contributed by atoms with Crippen molar-refractivity contribution in [3.8, 4) is 5.75 Å². The molecule has 0 aliphatic heterocycles. The third kappa shape index (κ3) is 4.46. The molecule has 0 aliphatic rings. The summed E-state index contributed by atoms with van der Waals surface area (Å²) in [5.41, 5.74) is 1.69. The number of hydrogen-bond donors (Lipinski definition) is 1. The third-order valence-electron chi connectivity index (χ3n) is 3.19. The zero-order valence-electron chi connectivity index (χ0n) is 12.4. The number of aryl methyl sites for hydroxylation is 1. The first-order valence-electron chi connectivity index (χ1n) is 6.90. The maximum atomic E-state index is 12.8. The molecule has 0 fully saturated rings. The van der Waals surface area contributed by atoms with Crippen molar-refractivity contribution >= 4 is 17.5 Å². The van der Waals surface area contributed by atoms with Gasteiger partial charge in [-0.1, -0.05) is 23.7 Å². The lowest BCUT2D eigenvalue weighted by atomic mass is 10.2. The van der Waals surface area contributed by atoms with Gasteiger partial charge in [-0.25, -0.2) is 4.39 Å². The van der Waals surface area contributed by atoms with Gasteiger partial charge in [0.25, 0.3) is 5.91 Å². The van der Waals surface area contributed by atoms with Gasteiger partial charge in [0.2, 0.25) is 0 Å². The van der Waals surface area contributed by atoms with Crippen molar-refractivity contribution < 1.29 is 13.9 Å². The number of hydrogen-bond acceptors (Lipinski definition) is 2. The Balaban J connectivity index is 1.90. The number of rotatable bonds is 5. The van der Waals surface area contributed by atoms with Gasteiger partial charge in [-0.15, -0.1) is 0 Å². The normalized spacial score (nSPS) is 11.8. The van der Waals surface area contributed by atoms with Gasteiger partial charge in [0, 0.05) is 11.6 Å². The van der Waals surface area contributed by atoms with Crippen LogP contribution in [0.3, 0.4) is 0 Å². The molecule has 0 radical (unpaired) electrons. The molecule has 0 aromatic heterocycles. The zero-order valence-corrected chi connectivity index (χ0v) is 13.2. The largest absolute Gasteiger partial charge is 0.481 e. The Bertz CT molecular complexity index is 658. The molecular formula is C17H17ClFNO2. The Morgan fingerprint density at radius 3 is 2.59 bits per heavy atom. The van der Waals surface area contributed by atoms with E-state index in [-0.39, 0.29) is 11.7 Å². The van der Waals surface area contributed by atoms with Crippen molar-refractivity contribution in [3.63, 3.8) is 0 Å². The van der Waals surface area contributed by atoms with E-state index in [9.17, 15) is 9.18 Å². The van der Waals surface area contributed by atoms with Crippen molar-refractivity contribution in [3.05, 3.63) is 64.4 Å². The number of halogens is 2. The second-order valence-electron chi connectivity index (χ2n) is 5.01. The van der Waals surface area contributed by atoms with Crippen LogP contribution in [0.4, 0.5) is 4.39 Å². The summed E-state index contributed by atoms with van der Waals surface area (Å²) in [6.07, 6.45) is -0.639. The lowest BCUT2D eigenvalue weighted by Crippen LogP contribution is -2.36. The van der Waals surface area contributed by atoms with Crippen molar-refractivity contribution in [1.82, 2.24) is 5.32 Å². The summed E-state index contributed by atoms with van der Waals surface area (Å²) in [6.45, 7) is 3.87. The lowest BCUT2D eigenvalue weighted by molar-refractivity contribution is -0.127. The first-order valence-corrected chi connectivity index (χ1v) is 7.28. The third-order valence-corrected chi connectivity index (χ3v) is 3.43. The highest BCUT2D eigenvalue weighted by Crippen LogP contribution is 2.22. The van der Waals surface area contributed by atoms with Crippen molar-refractivity contribution in [2.75, 3.05) is 0 Å².